The molecule has 1 nitrogen and oxygen atoms in total. The maximum absolute atomic E-state index is 10.8. The van der Waals surface area contributed by atoms with E-state index in [2.05, 4.69) is 30.6 Å². The zero-order valence-corrected chi connectivity index (χ0v) is 11.4. The van der Waals surface area contributed by atoms with Crippen molar-refractivity contribution in [1.29, 1.82) is 0 Å². The molecule has 0 heterocycles. The maximum atomic E-state index is 10.8. The molecule has 0 saturated heterocycles. The fourth-order valence-electron chi connectivity index (χ4n) is 5.71. The first-order chi connectivity index (χ1) is 9.29. The SMILES string of the molecule is O=[C]Cc1ccccc1C12CC3CC(CC(C3)C1)C2. The van der Waals surface area contributed by atoms with Crippen LogP contribution < -0.4 is 0 Å². The van der Waals surface area contributed by atoms with Gasteiger partial charge in [0.2, 0.25) is 6.29 Å². The van der Waals surface area contributed by atoms with Crippen molar-refractivity contribution in [2.24, 2.45) is 17.8 Å². The van der Waals surface area contributed by atoms with Gasteiger partial charge in [-0.15, -0.1) is 0 Å². The molecule has 5 rings (SSSR count). The Hall–Kier alpha value is -1.11. The molecule has 0 atom stereocenters. The molecule has 1 aromatic carbocycles. The molecule has 0 amide bonds. The summed E-state index contributed by atoms with van der Waals surface area (Å²) in [6.07, 6.45) is 11.1. The van der Waals surface area contributed by atoms with Crippen LogP contribution in [0.5, 0.6) is 0 Å². The molecule has 0 aromatic heterocycles. The Morgan fingerprint density at radius 1 is 1.00 bits per heavy atom. The Labute approximate surface area is 115 Å². The summed E-state index contributed by atoms with van der Waals surface area (Å²) in [5, 5.41) is 0. The van der Waals surface area contributed by atoms with E-state index < -0.39 is 0 Å². The summed E-state index contributed by atoms with van der Waals surface area (Å²) < 4.78 is 0. The van der Waals surface area contributed by atoms with Crippen molar-refractivity contribution in [3.05, 3.63) is 35.4 Å². The van der Waals surface area contributed by atoms with Gasteiger partial charge >= 0.3 is 0 Å². The van der Waals surface area contributed by atoms with Crippen molar-refractivity contribution >= 4 is 6.29 Å². The molecule has 0 aliphatic heterocycles. The van der Waals surface area contributed by atoms with Crippen LogP contribution >= 0.6 is 0 Å². The molecule has 4 aliphatic carbocycles. The van der Waals surface area contributed by atoms with Gasteiger partial charge in [0, 0.05) is 6.42 Å². The molecule has 4 fully saturated rings. The van der Waals surface area contributed by atoms with Gasteiger partial charge in [0.25, 0.3) is 0 Å². The number of hydrogen-bond acceptors (Lipinski definition) is 1. The third-order valence-electron chi connectivity index (χ3n) is 5.89. The first kappa shape index (κ1) is 11.7. The lowest BCUT2D eigenvalue weighted by molar-refractivity contribution is -0.00550. The van der Waals surface area contributed by atoms with Crippen LogP contribution in [0.2, 0.25) is 0 Å². The van der Waals surface area contributed by atoms with Crippen molar-refractivity contribution < 1.29 is 4.79 Å². The summed E-state index contributed by atoms with van der Waals surface area (Å²) >= 11 is 0. The van der Waals surface area contributed by atoms with Crippen LogP contribution in [0.25, 0.3) is 0 Å². The summed E-state index contributed by atoms with van der Waals surface area (Å²) in [5.74, 6) is 2.87. The predicted molar refractivity (Wildman–Crippen MR) is 75.7 cm³/mol. The monoisotopic (exact) mass is 253 g/mol. The Kier molecular flexibility index (Phi) is 2.58. The van der Waals surface area contributed by atoms with Crippen LogP contribution in [0.1, 0.15) is 49.7 Å². The van der Waals surface area contributed by atoms with Gasteiger partial charge in [-0.05, 0) is 72.8 Å². The van der Waals surface area contributed by atoms with Crippen molar-refractivity contribution in [3.8, 4) is 0 Å². The van der Waals surface area contributed by atoms with Gasteiger partial charge in [0.15, 0.2) is 0 Å². The largest absolute Gasteiger partial charge is 0.291 e. The predicted octanol–water partition coefficient (Wildman–Crippen LogP) is 3.81. The summed E-state index contributed by atoms with van der Waals surface area (Å²) in [7, 11) is 0. The Balaban J connectivity index is 1.77. The molecule has 1 aromatic rings. The third-order valence-corrected chi connectivity index (χ3v) is 5.89. The molecule has 1 radical (unpaired) electrons. The average Bonchev–Trinajstić information content (AvgIpc) is 2.38. The molecule has 4 aliphatic rings. The maximum Gasteiger partial charge on any atom is 0.203 e. The standard InChI is InChI=1S/C18H21O/c19-6-5-16-3-1-2-4-17(16)18-10-13-7-14(11-18)9-15(8-13)12-18/h1-4,13-15H,5,7-12H2. The fourth-order valence-corrected chi connectivity index (χ4v) is 5.71. The van der Waals surface area contributed by atoms with E-state index in [1.54, 1.807) is 0 Å². The highest BCUT2D eigenvalue weighted by Crippen LogP contribution is 2.61. The van der Waals surface area contributed by atoms with Crippen molar-refractivity contribution in [1.82, 2.24) is 0 Å². The van der Waals surface area contributed by atoms with Crippen LogP contribution in [-0.4, -0.2) is 6.29 Å². The minimum atomic E-state index is 0.405. The van der Waals surface area contributed by atoms with E-state index in [-0.39, 0.29) is 0 Å². The molecular weight excluding hydrogens is 232 g/mol. The molecule has 19 heavy (non-hydrogen) atoms. The second-order valence-corrected chi connectivity index (χ2v) is 7.18. The highest BCUT2D eigenvalue weighted by Gasteiger charge is 2.51. The zero-order chi connectivity index (χ0) is 12.9. The Morgan fingerprint density at radius 2 is 1.58 bits per heavy atom. The van der Waals surface area contributed by atoms with Gasteiger partial charge in [-0.3, -0.25) is 4.79 Å². The summed E-state index contributed by atoms with van der Waals surface area (Å²) in [4.78, 5) is 10.8. The second kappa shape index (κ2) is 4.19. The molecule has 4 bridgehead atoms. The Morgan fingerprint density at radius 3 is 2.16 bits per heavy atom. The summed E-state index contributed by atoms with van der Waals surface area (Å²) in [5.41, 5.74) is 3.12. The van der Waals surface area contributed by atoms with Gasteiger partial charge in [-0.1, -0.05) is 24.3 Å². The topological polar surface area (TPSA) is 17.1 Å². The third kappa shape index (κ3) is 1.78. The van der Waals surface area contributed by atoms with Crippen LogP contribution in [0, 0.1) is 17.8 Å². The number of benzene rings is 1. The van der Waals surface area contributed by atoms with E-state index in [1.807, 2.05) is 0 Å². The fraction of sp³-hybridized carbons (Fsp3) is 0.611. The number of carbonyl (C=O) groups excluding carboxylic acids is 1. The lowest BCUT2D eigenvalue weighted by atomic mass is 9.47. The van der Waals surface area contributed by atoms with Crippen molar-refractivity contribution in [2.45, 2.75) is 50.4 Å². The lowest BCUT2D eigenvalue weighted by Crippen LogP contribution is -2.48. The van der Waals surface area contributed by atoms with Crippen LogP contribution in [0.4, 0.5) is 0 Å². The highest BCUT2D eigenvalue weighted by molar-refractivity contribution is 5.58. The molecular formula is C18H21O. The Bertz CT molecular complexity index is 467. The lowest BCUT2D eigenvalue weighted by Gasteiger charge is -2.57. The van der Waals surface area contributed by atoms with Crippen LogP contribution in [0.15, 0.2) is 24.3 Å². The number of hydrogen-bond donors (Lipinski definition) is 0. The minimum Gasteiger partial charge on any atom is -0.291 e. The van der Waals surface area contributed by atoms with E-state index in [0.29, 0.717) is 11.8 Å². The van der Waals surface area contributed by atoms with Gasteiger partial charge in [-0.2, -0.15) is 0 Å². The normalized spacial score (nSPS) is 39.5. The molecule has 0 unspecified atom stereocenters. The van der Waals surface area contributed by atoms with E-state index in [1.165, 1.54) is 49.7 Å². The van der Waals surface area contributed by atoms with Gasteiger partial charge in [0.1, 0.15) is 0 Å². The van der Waals surface area contributed by atoms with Gasteiger partial charge in [-0.25, -0.2) is 0 Å². The van der Waals surface area contributed by atoms with Gasteiger partial charge in [0.05, 0.1) is 0 Å². The van der Waals surface area contributed by atoms with E-state index in [9.17, 15) is 4.79 Å². The smallest absolute Gasteiger partial charge is 0.203 e. The summed E-state index contributed by atoms with van der Waals surface area (Å²) in [6, 6.07) is 8.65. The highest BCUT2D eigenvalue weighted by atomic mass is 16.1. The van der Waals surface area contributed by atoms with E-state index in [0.717, 1.165) is 17.8 Å². The van der Waals surface area contributed by atoms with Crippen molar-refractivity contribution in [2.75, 3.05) is 0 Å². The summed E-state index contributed by atoms with van der Waals surface area (Å²) in [6.45, 7) is 0. The van der Waals surface area contributed by atoms with Gasteiger partial charge < -0.3 is 0 Å². The number of rotatable bonds is 3. The molecule has 99 valence electrons. The van der Waals surface area contributed by atoms with E-state index in [4.69, 9.17) is 0 Å². The quantitative estimate of drug-likeness (QED) is 0.800. The zero-order valence-electron chi connectivity index (χ0n) is 11.4. The first-order valence-corrected chi connectivity index (χ1v) is 7.72. The van der Waals surface area contributed by atoms with Crippen LogP contribution in [-0.2, 0) is 16.6 Å². The van der Waals surface area contributed by atoms with E-state index >= 15 is 0 Å². The molecule has 0 N–H and O–H groups in total. The molecule has 4 saturated carbocycles. The average molecular weight is 253 g/mol. The minimum absolute atomic E-state index is 0.405. The molecule has 1 heteroatoms. The van der Waals surface area contributed by atoms with Crippen LogP contribution in [0.3, 0.4) is 0 Å². The molecule has 0 spiro atoms. The second-order valence-electron chi connectivity index (χ2n) is 7.18. The van der Waals surface area contributed by atoms with Crippen molar-refractivity contribution in [3.63, 3.8) is 0 Å². The first-order valence-electron chi connectivity index (χ1n) is 7.72.